The number of hydrogen-bond donors (Lipinski definition) is 2. The molecule has 0 amide bonds. The van der Waals surface area contributed by atoms with E-state index in [9.17, 15) is 0 Å². The van der Waals surface area contributed by atoms with E-state index in [-0.39, 0.29) is 30.0 Å². The van der Waals surface area contributed by atoms with Gasteiger partial charge in [-0.1, -0.05) is 38.1 Å². The Kier molecular flexibility index (Phi) is 12.7. The summed E-state index contributed by atoms with van der Waals surface area (Å²) in [7, 11) is 0. The molecule has 8 nitrogen and oxygen atoms in total. The van der Waals surface area contributed by atoms with Gasteiger partial charge in [-0.15, -0.1) is 34.2 Å². The Morgan fingerprint density at radius 1 is 1.12 bits per heavy atom. The van der Waals surface area contributed by atoms with Crippen LogP contribution in [0.4, 0.5) is 0 Å². The van der Waals surface area contributed by atoms with Crippen molar-refractivity contribution in [1.29, 1.82) is 0 Å². The molecular formula is C24H40IN7O. The van der Waals surface area contributed by atoms with Crippen molar-refractivity contribution < 1.29 is 4.74 Å². The Hall–Kier alpha value is -1.72. The average molecular weight is 570 g/mol. The van der Waals surface area contributed by atoms with Gasteiger partial charge in [-0.25, -0.2) is 0 Å². The van der Waals surface area contributed by atoms with Crippen molar-refractivity contribution in [3.8, 4) is 0 Å². The predicted molar refractivity (Wildman–Crippen MR) is 144 cm³/mol. The van der Waals surface area contributed by atoms with Gasteiger partial charge < -0.3 is 19.9 Å². The summed E-state index contributed by atoms with van der Waals surface area (Å²) in [4.78, 5) is 7.32. The first-order valence-corrected chi connectivity index (χ1v) is 12.0. The first-order valence-electron chi connectivity index (χ1n) is 12.0. The van der Waals surface area contributed by atoms with Gasteiger partial charge in [0.1, 0.15) is 12.2 Å². The molecule has 2 aromatic rings. The van der Waals surface area contributed by atoms with Gasteiger partial charge >= 0.3 is 0 Å². The summed E-state index contributed by atoms with van der Waals surface area (Å²) < 4.78 is 7.53. The predicted octanol–water partition coefficient (Wildman–Crippen LogP) is 3.04. The number of halogens is 1. The molecule has 0 bridgehead atoms. The summed E-state index contributed by atoms with van der Waals surface area (Å²) in [6, 6.07) is 9.00. The number of nitrogens with one attached hydrogen (secondary N) is 2. The number of aliphatic imine (C=N–C) groups is 1. The fourth-order valence-electron chi connectivity index (χ4n) is 3.83. The molecule has 1 aromatic heterocycles. The Morgan fingerprint density at radius 2 is 1.88 bits per heavy atom. The summed E-state index contributed by atoms with van der Waals surface area (Å²) in [6.07, 6.45) is 4.77. The fraction of sp³-hybridized carbons (Fsp3) is 0.625. The largest absolute Gasteiger partial charge is 0.379 e. The SMILES string of the molecule is CCc1ccc(C(C)NC(=NCCCN2CCOCC2)NCCn2cnnc2CC)cc1.I. The Balaban J connectivity index is 0.00000385. The number of guanidine groups is 1. The van der Waals surface area contributed by atoms with E-state index in [2.05, 4.69) is 75.3 Å². The van der Waals surface area contributed by atoms with Gasteiger partial charge in [0, 0.05) is 45.7 Å². The maximum Gasteiger partial charge on any atom is 0.191 e. The van der Waals surface area contributed by atoms with Gasteiger partial charge in [0.25, 0.3) is 0 Å². The number of nitrogens with zero attached hydrogens (tertiary/aromatic N) is 5. The standard InChI is InChI=1S/C24H39N7O.HI/c1-4-21-7-9-22(10-8-21)20(3)28-24(25-11-6-13-30-15-17-32-18-16-30)26-12-14-31-19-27-29-23(31)5-2;/h7-10,19-20H,4-6,11-18H2,1-3H3,(H2,25,26,28);1H. The third-order valence-corrected chi connectivity index (χ3v) is 5.90. The van der Waals surface area contributed by atoms with Gasteiger partial charge in [-0.3, -0.25) is 9.89 Å². The van der Waals surface area contributed by atoms with Gasteiger partial charge in [0.2, 0.25) is 0 Å². The molecule has 1 atom stereocenters. The van der Waals surface area contributed by atoms with E-state index in [1.165, 1.54) is 11.1 Å². The first-order chi connectivity index (χ1) is 15.7. The third-order valence-electron chi connectivity index (χ3n) is 5.90. The molecule has 0 saturated carbocycles. The minimum absolute atomic E-state index is 0. The van der Waals surface area contributed by atoms with E-state index in [4.69, 9.17) is 9.73 Å². The van der Waals surface area contributed by atoms with Crippen molar-refractivity contribution in [3.05, 3.63) is 47.5 Å². The summed E-state index contributed by atoms with van der Waals surface area (Å²) in [5.41, 5.74) is 2.62. The molecular weight excluding hydrogens is 529 g/mol. The van der Waals surface area contributed by atoms with E-state index >= 15 is 0 Å². The van der Waals surface area contributed by atoms with Gasteiger partial charge in [0.15, 0.2) is 5.96 Å². The molecule has 0 radical (unpaired) electrons. The molecule has 1 fully saturated rings. The molecule has 1 aliphatic rings. The van der Waals surface area contributed by atoms with Crippen LogP contribution in [0.25, 0.3) is 0 Å². The topological polar surface area (TPSA) is 79.6 Å². The van der Waals surface area contributed by atoms with Crippen LogP contribution in [0.3, 0.4) is 0 Å². The van der Waals surface area contributed by atoms with Crippen LogP contribution < -0.4 is 10.6 Å². The van der Waals surface area contributed by atoms with Crippen LogP contribution in [0.2, 0.25) is 0 Å². The van der Waals surface area contributed by atoms with E-state index in [0.29, 0.717) is 0 Å². The highest BCUT2D eigenvalue weighted by Crippen LogP contribution is 2.13. The van der Waals surface area contributed by atoms with Crippen molar-refractivity contribution in [2.45, 2.75) is 52.6 Å². The first kappa shape index (κ1) is 27.5. The maximum absolute atomic E-state index is 5.44. The highest BCUT2D eigenvalue weighted by Gasteiger charge is 2.11. The highest BCUT2D eigenvalue weighted by atomic mass is 127. The molecule has 9 heteroatoms. The van der Waals surface area contributed by atoms with Crippen molar-refractivity contribution in [2.24, 2.45) is 4.99 Å². The van der Waals surface area contributed by atoms with E-state index < -0.39 is 0 Å². The zero-order chi connectivity index (χ0) is 22.6. The number of morpholine rings is 1. The van der Waals surface area contributed by atoms with Crippen LogP contribution in [0.1, 0.15) is 50.2 Å². The Labute approximate surface area is 215 Å². The lowest BCUT2D eigenvalue weighted by molar-refractivity contribution is 0.0377. The number of hydrogen-bond acceptors (Lipinski definition) is 5. The summed E-state index contributed by atoms with van der Waals surface area (Å²) in [6.45, 7) is 13.6. The zero-order valence-corrected chi connectivity index (χ0v) is 22.6. The summed E-state index contributed by atoms with van der Waals surface area (Å²) in [5, 5.41) is 15.3. The van der Waals surface area contributed by atoms with Crippen LogP contribution in [0, 0.1) is 0 Å². The second kappa shape index (κ2) is 15.2. The maximum atomic E-state index is 5.44. The number of ether oxygens (including phenoxy) is 1. The average Bonchev–Trinajstić information content (AvgIpc) is 3.29. The summed E-state index contributed by atoms with van der Waals surface area (Å²) in [5.74, 6) is 1.86. The van der Waals surface area contributed by atoms with Crippen molar-refractivity contribution >= 4 is 29.9 Å². The van der Waals surface area contributed by atoms with Gasteiger partial charge in [-0.2, -0.15) is 0 Å². The number of rotatable bonds is 11. The molecule has 33 heavy (non-hydrogen) atoms. The van der Waals surface area contributed by atoms with Gasteiger partial charge in [-0.05, 0) is 30.9 Å². The van der Waals surface area contributed by atoms with E-state index in [1.54, 1.807) is 6.33 Å². The minimum Gasteiger partial charge on any atom is -0.379 e. The smallest absolute Gasteiger partial charge is 0.191 e. The highest BCUT2D eigenvalue weighted by molar-refractivity contribution is 14.0. The molecule has 1 unspecified atom stereocenters. The lowest BCUT2D eigenvalue weighted by atomic mass is 10.1. The monoisotopic (exact) mass is 569 g/mol. The number of aryl methyl sites for hydroxylation is 2. The number of aromatic nitrogens is 3. The van der Waals surface area contributed by atoms with Crippen LogP contribution in [-0.2, 0) is 24.1 Å². The van der Waals surface area contributed by atoms with Gasteiger partial charge in [0.05, 0.1) is 19.3 Å². The second-order valence-corrected chi connectivity index (χ2v) is 8.22. The van der Waals surface area contributed by atoms with Crippen molar-refractivity contribution in [1.82, 2.24) is 30.3 Å². The van der Waals surface area contributed by atoms with E-state index in [1.807, 2.05) is 0 Å². The fourth-order valence-corrected chi connectivity index (χ4v) is 3.83. The molecule has 184 valence electrons. The molecule has 1 saturated heterocycles. The van der Waals surface area contributed by atoms with Crippen LogP contribution in [0.5, 0.6) is 0 Å². The molecule has 0 spiro atoms. The van der Waals surface area contributed by atoms with Crippen molar-refractivity contribution in [2.75, 3.05) is 45.9 Å². The molecule has 2 heterocycles. The Morgan fingerprint density at radius 3 is 2.58 bits per heavy atom. The molecule has 3 rings (SSSR count). The van der Waals surface area contributed by atoms with Crippen LogP contribution >= 0.6 is 24.0 Å². The second-order valence-electron chi connectivity index (χ2n) is 8.22. The summed E-state index contributed by atoms with van der Waals surface area (Å²) >= 11 is 0. The number of benzene rings is 1. The molecule has 1 aromatic carbocycles. The Bertz CT molecular complexity index is 818. The quantitative estimate of drug-likeness (QED) is 0.188. The minimum atomic E-state index is 0. The van der Waals surface area contributed by atoms with E-state index in [0.717, 1.165) is 83.5 Å². The molecule has 2 N–H and O–H groups in total. The molecule has 1 aliphatic heterocycles. The third kappa shape index (κ3) is 9.21. The van der Waals surface area contributed by atoms with Crippen LogP contribution in [0.15, 0.2) is 35.6 Å². The lowest BCUT2D eigenvalue weighted by Crippen LogP contribution is -2.40. The lowest BCUT2D eigenvalue weighted by Gasteiger charge is -2.26. The van der Waals surface area contributed by atoms with Crippen molar-refractivity contribution in [3.63, 3.8) is 0 Å². The normalized spacial score (nSPS) is 15.7. The molecule has 0 aliphatic carbocycles. The zero-order valence-electron chi connectivity index (χ0n) is 20.3. The van der Waals surface area contributed by atoms with Crippen LogP contribution in [-0.4, -0.2) is 71.6 Å².